The van der Waals surface area contributed by atoms with Crippen molar-refractivity contribution in [3.8, 4) is 16.9 Å². The fourth-order valence-electron chi connectivity index (χ4n) is 3.68. The van der Waals surface area contributed by atoms with Crippen molar-refractivity contribution in [3.05, 3.63) is 76.4 Å². The molecule has 0 amide bonds. The molecule has 0 bridgehead atoms. The predicted octanol–water partition coefficient (Wildman–Crippen LogP) is 5.02. The first-order chi connectivity index (χ1) is 13.5. The van der Waals surface area contributed by atoms with Gasteiger partial charge in [-0.1, -0.05) is 0 Å². The zero-order valence-electron chi connectivity index (χ0n) is 14.5. The molecule has 3 heterocycles. The van der Waals surface area contributed by atoms with Crippen LogP contribution in [0.15, 0.2) is 59.1 Å². The van der Waals surface area contributed by atoms with Crippen LogP contribution in [-0.4, -0.2) is 20.9 Å². The Morgan fingerprint density at radius 1 is 1.07 bits per heavy atom. The molecule has 0 radical (unpaired) electrons. The number of nitrogens with one attached hydrogen (secondary N) is 1. The summed E-state index contributed by atoms with van der Waals surface area (Å²) < 4.78 is 30.0. The van der Waals surface area contributed by atoms with Crippen molar-refractivity contribution in [1.29, 1.82) is 0 Å². The SMILES string of the molecule is OC1Cc2cc(-n3c(-c4ccc(F)cc4)c(Br)c4ccc(F)nc43)ccc2N1. The molecular formula is C21H14BrF2N3O. The maximum atomic E-state index is 14.0. The zero-order valence-corrected chi connectivity index (χ0v) is 16.0. The van der Waals surface area contributed by atoms with Crippen LogP contribution in [0.3, 0.4) is 0 Å². The van der Waals surface area contributed by atoms with E-state index in [2.05, 4.69) is 26.2 Å². The molecule has 2 aromatic heterocycles. The Balaban J connectivity index is 1.82. The van der Waals surface area contributed by atoms with Crippen molar-refractivity contribution in [2.45, 2.75) is 12.6 Å². The van der Waals surface area contributed by atoms with Crippen molar-refractivity contribution >= 4 is 32.7 Å². The highest BCUT2D eigenvalue weighted by atomic mass is 79.9. The quantitative estimate of drug-likeness (QED) is 0.429. The monoisotopic (exact) mass is 441 g/mol. The molecule has 28 heavy (non-hydrogen) atoms. The van der Waals surface area contributed by atoms with Gasteiger partial charge in [0.15, 0.2) is 0 Å². The highest BCUT2D eigenvalue weighted by Crippen LogP contribution is 2.40. The molecule has 1 aliphatic heterocycles. The van der Waals surface area contributed by atoms with Crippen LogP contribution in [-0.2, 0) is 6.42 Å². The number of pyridine rings is 1. The van der Waals surface area contributed by atoms with E-state index in [0.29, 0.717) is 12.1 Å². The number of rotatable bonds is 2. The van der Waals surface area contributed by atoms with E-state index in [0.717, 1.165) is 38.1 Å². The molecule has 0 spiro atoms. The minimum absolute atomic E-state index is 0.329. The van der Waals surface area contributed by atoms with Gasteiger partial charge < -0.3 is 10.4 Å². The number of fused-ring (bicyclic) bond motifs is 2. The summed E-state index contributed by atoms with van der Waals surface area (Å²) in [5.41, 5.74) is 4.59. The van der Waals surface area contributed by atoms with Gasteiger partial charge in [-0.2, -0.15) is 4.39 Å². The Hall–Kier alpha value is -2.77. The van der Waals surface area contributed by atoms with Crippen molar-refractivity contribution in [2.24, 2.45) is 0 Å². The summed E-state index contributed by atoms with van der Waals surface area (Å²) in [7, 11) is 0. The van der Waals surface area contributed by atoms with Crippen molar-refractivity contribution < 1.29 is 13.9 Å². The lowest BCUT2D eigenvalue weighted by Crippen LogP contribution is -2.12. The predicted molar refractivity (Wildman–Crippen MR) is 107 cm³/mol. The normalized spacial score (nSPS) is 15.6. The molecule has 140 valence electrons. The van der Waals surface area contributed by atoms with Gasteiger partial charge in [0.2, 0.25) is 5.95 Å². The van der Waals surface area contributed by atoms with Crippen LogP contribution < -0.4 is 5.32 Å². The van der Waals surface area contributed by atoms with Crippen LogP contribution in [0.2, 0.25) is 0 Å². The van der Waals surface area contributed by atoms with E-state index in [-0.39, 0.29) is 5.82 Å². The molecule has 5 rings (SSSR count). The Morgan fingerprint density at radius 3 is 2.64 bits per heavy atom. The molecule has 0 saturated carbocycles. The van der Waals surface area contributed by atoms with Gasteiger partial charge in [-0.15, -0.1) is 0 Å². The number of anilines is 1. The first-order valence-electron chi connectivity index (χ1n) is 8.71. The summed E-state index contributed by atoms with van der Waals surface area (Å²) in [5, 5.41) is 13.6. The van der Waals surface area contributed by atoms with E-state index in [9.17, 15) is 13.9 Å². The summed E-state index contributed by atoms with van der Waals surface area (Å²) in [6, 6.07) is 14.8. The minimum Gasteiger partial charge on any atom is -0.373 e. The summed E-state index contributed by atoms with van der Waals surface area (Å²) >= 11 is 3.62. The topological polar surface area (TPSA) is 50.1 Å². The van der Waals surface area contributed by atoms with E-state index >= 15 is 0 Å². The lowest BCUT2D eigenvalue weighted by Gasteiger charge is -2.12. The second kappa shape index (κ2) is 6.39. The van der Waals surface area contributed by atoms with Gasteiger partial charge in [0, 0.05) is 23.2 Å². The molecule has 7 heteroatoms. The summed E-state index contributed by atoms with van der Waals surface area (Å²) in [6.07, 6.45) is -0.137. The van der Waals surface area contributed by atoms with Crippen LogP contribution in [0.25, 0.3) is 28.0 Å². The van der Waals surface area contributed by atoms with E-state index < -0.39 is 12.2 Å². The number of benzene rings is 2. The number of nitrogens with zero attached hydrogens (tertiary/aromatic N) is 2. The minimum atomic E-state index is -0.620. The Kier molecular flexibility index (Phi) is 3.96. The standard InChI is InChI=1S/C21H14BrF2N3O/c22-19-15-6-8-17(24)26-21(15)27(20(19)11-1-3-13(23)4-2-11)14-5-7-16-12(9-14)10-18(28)25-16/h1-9,18,25,28H,10H2. The Morgan fingerprint density at radius 2 is 1.86 bits per heavy atom. The number of hydrogen-bond acceptors (Lipinski definition) is 3. The fraction of sp³-hybridized carbons (Fsp3) is 0.0952. The third-order valence-corrected chi connectivity index (χ3v) is 5.72. The molecule has 1 unspecified atom stereocenters. The van der Waals surface area contributed by atoms with Gasteiger partial charge in [-0.25, -0.2) is 9.37 Å². The van der Waals surface area contributed by atoms with Gasteiger partial charge >= 0.3 is 0 Å². The van der Waals surface area contributed by atoms with Crippen molar-refractivity contribution in [2.75, 3.05) is 5.32 Å². The highest BCUT2D eigenvalue weighted by molar-refractivity contribution is 9.10. The van der Waals surface area contributed by atoms with Gasteiger partial charge in [0.1, 0.15) is 17.7 Å². The number of aliphatic hydroxyl groups excluding tert-OH is 1. The molecule has 0 fully saturated rings. The van der Waals surface area contributed by atoms with Crippen molar-refractivity contribution in [3.63, 3.8) is 0 Å². The van der Waals surface area contributed by atoms with Gasteiger partial charge in [0.05, 0.1) is 10.2 Å². The van der Waals surface area contributed by atoms with E-state index in [1.54, 1.807) is 18.2 Å². The largest absolute Gasteiger partial charge is 0.373 e. The molecule has 4 nitrogen and oxygen atoms in total. The second-order valence-corrected chi connectivity index (χ2v) is 7.51. The third kappa shape index (κ3) is 2.70. The van der Waals surface area contributed by atoms with Crippen LogP contribution in [0.4, 0.5) is 14.5 Å². The highest BCUT2D eigenvalue weighted by Gasteiger charge is 2.23. The van der Waals surface area contributed by atoms with Crippen LogP contribution >= 0.6 is 15.9 Å². The fourth-order valence-corrected chi connectivity index (χ4v) is 4.40. The molecule has 1 aliphatic rings. The Labute approximate surface area is 167 Å². The van der Waals surface area contributed by atoms with E-state index in [1.807, 2.05) is 22.8 Å². The molecule has 4 aromatic rings. The number of aromatic nitrogens is 2. The van der Waals surface area contributed by atoms with E-state index in [1.165, 1.54) is 18.2 Å². The smallest absolute Gasteiger partial charge is 0.214 e. The van der Waals surface area contributed by atoms with Crippen LogP contribution in [0.1, 0.15) is 5.56 Å². The van der Waals surface area contributed by atoms with Crippen LogP contribution in [0, 0.1) is 11.8 Å². The second-order valence-electron chi connectivity index (χ2n) is 6.72. The van der Waals surface area contributed by atoms with E-state index in [4.69, 9.17) is 0 Å². The van der Waals surface area contributed by atoms with Gasteiger partial charge in [-0.05, 0) is 81.7 Å². The summed E-state index contributed by atoms with van der Waals surface area (Å²) in [5.74, 6) is -0.910. The van der Waals surface area contributed by atoms with Gasteiger partial charge in [0.25, 0.3) is 0 Å². The maximum absolute atomic E-state index is 14.0. The number of halogens is 3. The average molecular weight is 442 g/mol. The van der Waals surface area contributed by atoms with Gasteiger partial charge in [-0.3, -0.25) is 4.57 Å². The van der Waals surface area contributed by atoms with Crippen molar-refractivity contribution in [1.82, 2.24) is 9.55 Å². The lowest BCUT2D eigenvalue weighted by atomic mass is 10.1. The molecule has 2 aromatic carbocycles. The zero-order chi connectivity index (χ0) is 19.4. The molecule has 0 aliphatic carbocycles. The summed E-state index contributed by atoms with van der Waals surface area (Å²) in [4.78, 5) is 4.11. The maximum Gasteiger partial charge on any atom is 0.214 e. The van der Waals surface area contributed by atoms with Crippen LogP contribution in [0.5, 0.6) is 0 Å². The molecule has 0 saturated heterocycles. The summed E-state index contributed by atoms with van der Waals surface area (Å²) in [6.45, 7) is 0. The average Bonchev–Trinajstić information content (AvgIpc) is 3.18. The Bertz CT molecular complexity index is 1220. The third-order valence-electron chi connectivity index (χ3n) is 4.92. The molecule has 1 atom stereocenters. The first kappa shape index (κ1) is 17.3. The molecular weight excluding hydrogens is 428 g/mol. The number of hydrogen-bond donors (Lipinski definition) is 2. The molecule has 2 N–H and O–H groups in total. The number of aliphatic hydroxyl groups is 1. The first-order valence-corrected chi connectivity index (χ1v) is 9.51. The lowest BCUT2D eigenvalue weighted by molar-refractivity contribution is 0.212.